The Balaban J connectivity index is 1.55. The molecule has 1 fully saturated rings. The Bertz CT molecular complexity index is 1090. The molecule has 27 heavy (non-hydrogen) atoms. The molecule has 1 saturated heterocycles. The predicted molar refractivity (Wildman–Crippen MR) is 95.8 cm³/mol. The number of aromatic amines is 1. The van der Waals surface area contributed by atoms with E-state index in [1.807, 2.05) is 4.90 Å². The molecule has 0 aliphatic carbocycles. The third-order valence-electron chi connectivity index (χ3n) is 4.65. The van der Waals surface area contributed by atoms with Gasteiger partial charge in [-0.15, -0.1) is 0 Å². The van der Waals surface area contributed by atoms with Gasteiger partial charge in [-0.05, 0) is 36.8 Å². The zero-order valence-corrected chi connectivity index (χ0v) is 15.1. The summed E-state index contributed by atoms with van der Waals surface area (Å²) in [6, 6.07) is 8.33. The zero-order chi connectivity index (χ0) is 19.0. The molecule has 0 unspecified atom stereocenters. The predicted octanol–water partition coefficient (Wildman–Crippen LogP) is 2.14. The molecule has 0 spiro atoms. The maximum absolute atomic E-state index is 13.5. The zero-order valence-electron chi connectivity index (χ0n) is 14.3. The number of benzene rings is 2. The summed E-state index contributed by atoms with van der Waals surface area (Å²) in [6.45, 7) is 1.54. The smallest absolute Gasteiger partial charge is 0.243 e. The van der Waals surface area contributed by atoms with E-state index in [0.29, 0.717) is 42.8 Å². The average Bonchev–Trinajstić information content (AvgIpc) is 2.98. The second kappa shape index (κ2) is 6.86. The number of halogens is 2. The fraction of sp³-hybridized carbons (Fsp3) is 0.294. The molecule has 10 heteroatoms. The molecule has 0 saturated carbocycles. The molecule has 0 atom stereocenters. The molecule has 0 bridgehead atoms. The third kappa shape index (κ3) is 3.37. The van der Waals surface area contributed by atoms with E-state index in [4.69, 9.17) is 0 Å². The number of aromatic nitrogens is 3. The van der Waals surface area contributed by atoms with Crippen LogP contribution in [0.2, 0.25) is 0 Å². The summed E-state index contributed by atoms with van der Waals surface area (Å²) in [6.07, 6.45) is 0.574. The normalized spacial score (nSPS) is 16.6. The van der Waals surface area contributed by atoms with E-state index in [2.05, 4.69) is 15.4 Å². The number of hydrogen-bond acceptors (Lipinski definition) is 5. The summed E-state index contributed by atoms with van der Waals surface area (Å²) in [7, 11) is -3.68. The fourth-order valence-electron chi connectivity index (χ4n) is 3.20. The van der Waals surface area contributed by atoms with Crippen LogP contribution in [-0.4, -0.2) is 54.3 Å². The minimum atomic E-state index is -3.68. The molecule has 2 heterocycles. The average molecular weight is 393 g/mol. The van der Waals surface area contributed by atoms with Gasteiger partial charge >= 0.3 is 0 Å². The van der Waals surface area contributed by atoms with E-state index >= 15 is 0 Å². The van der Waals surface area contributed by atoms with E-state index in [1.54, 1.807) is 6.07 Å². The highest BCUT2D eigenvalue weighted by atomic mass is 32.2. The SMILES string of the molecule is O=S(=O)(c1ccc2n[nH]nc2c1)N1CCCN(c2ccc(F)c(F)c2)CC1. The highest BCUT2D eigenvalue weighted by Gasteiger charge is 2.27. The maximum atomic E-state index is 13.5. The van der Waals surface area contributed by atoms with Gasteiger partial charge in [-0.1, -0.05) is 0 Å². The van der Waals surface area contributed by atoms with Gasteiger partial charge in [0.15, 0.2) is 11.6 Å². The molecule has 0 radical (unpaired) electrons. The number of hydrogen-bond donors (Lipinski definition) is 1. The number of sulfonamides is 1. The van der Waals surface area contributed by atoms with E-state index in [1.165, 1.54) is 22.5 Å². The molecule has 0 amide bonds. The first-order chi connectivity index (χ1) is 12.9. The monoisotopic (exact) mass is 393 g/mol. The van der Waals surface area contributed by atoms with Crippen molar-refractivity contribution >= 4 is 26.7 Å². The van der Waals surface area contributed by atoms with Crippen LogP contribution in [0.25, 0.3) is 11.0 Å². The van der Waals surface area contributed by atoms with Crippen molar-refractivity contribution in [3.05, 3.63) is 48.0 Å². The van der Waals surface area contributed by atoms with Gasteiger partial charge in [0.1, 0.15) is 11.0 Å². The van der Waals surface area contributed by atoms with Crippen molar-refractivity contribution in [3.8, 4) is 0 Å². The van der Waals surface area contributed by atoms with Gasteiger partial charge in [0.05, 0.1) is 4.90 Å². The first kappa shape index (κ1) is 17.8. The summed E-state index contributed by atoms with van der Waals surface area (Å²) in [4.78, 5) is 2.02. The molecular formula is C17H17F2N5O2S. The number of anilines is 1. The van der Waals surface area contributed by atoms with Crippen LogP contribution in [0.1, 0.15) is 6.42 Å². The highest BCUT2D eigenvalue weighted by molar-refractivity contribution is 7.89. The van der Waals surface area contributed by atoms with E-state index < -0.39 is 21.7 Å². The van der Waals surface area contributed by atoms with Crippen molar-refractivity contribution < 1.29 is 17.2 Å². The van der Waals surface area contributed by atoms with Crippen LogP contribution < -0.4 is 4.90 Å². The minimum Gasteiger partial charge on any atom is -0.370 e. The Labute approximate surface area is 154 Å². The van der Waals surface area contributed by atoms with E-state index in [0.717, 1.165) is 12.1 Å². The summed E-state index contributed by atoms with van der Waals surface area (Å²) in [5, 5.41) is 10.3. The molecule has 1 aliphatic heterocycles. The molecule has 3 aromatic rings. The molecule has 1 aliphatic rings. The molecule has 1 N–H and O–H groups in total. The highest BCUT2D eigenvalue weighted by Crippen LogP contribution is 2.23. The van der Waals surface area contributed by atoms with Gasteiger partial charge in [-0.2, -0.15) is 19.7 Å². The maximum Gasteiger partial charge on any atom is 0.243 e. The summed E-state index contributed by atoms with van der Waals surface area (Å²) in [5.74, 6) is -1.82. The fourth-order valence-corrected chi connectivity index (χ4v) is 4.69. The van der Waals surface area contributed by atoms with Crippen LogP contribution >= 0.6 is 0 Å². The number of fused-ring (bicyclic) bond motifs is 1. The Morgan fingerprint density at radius 3 is 2.52 bits per heavy atom. The van der Waals surface area contributed by atoms with Gasteiger partial charge in [0.2, 0.25) is 10.0 Å². The topological polar surface area (TPSA) is 82.2 Å². The van der Waals surface area contributed by atoms with E-state index in [-0.39, 0.29) is 11.4 Å². The van der Waals surface area contributed by atoms with Crippen molar-refractivity contribution in [2.45, 2.75) is 11.3 Å². The quantitative estimate of drug-likeness (QED) is 0.737. The summed E-state index contributed by atoms with van der Waals surface area (Å²) in [5.41, 5.74) is 1.61. The molecule has 142 valence electrons. The van der Waals surface area contributed by atoms with Gasteiger partial charge in [-0.25, -0.2) is 17.2 Å². The minimum absolute atomic E-state index is 0.158. The summed E-state index contributed by atoms with van der Waals surface area (Å²) >= 11 is 0. The van der Waals surface area contributed by atoms with Crippen LogP contribution in [0.5, 0.6) is 0 Å². The molecule has 2 aromatic carbocycles. The number of nitrogens with one attached hydrogen (secondary N) is 1. The van der Waals surface area contributed by atoms with Crippen LogP contribution in [0.3, 0.4) is 0 Å². The Morgan fingerprint density at radius 2 is 1.70 bits per heavy atom. The van der Waals surface area contributed by atoms with Gasteiger partial charge in [-0.3, -0.25) is 0 Å². The van der Waals surface area contributed by atoms with Crippen molar-refractivity contribution in [2.24, 2.45) is 0 Å². The van der Waals surface area contributed by atoms with Crippen LogP contribution in [0.15, 0.2) is 41.3 Å². The number of rotatable bonds is 3. The van der Waals surface area contributed by atoms with E-state index in [9.17, 15) is 17.2 Å². The third-order valence-corrected chi connectivity index (χ3v) is 6.54. The first-order valence-electron chi connectivity index (χ1n) is 8.46. The van der Waals surface area contributed by atoms with Crippen molar-refractivity contribution in [3.63, 3.8) is 0 Å². The van der Waals surface area contributed by atoms with Crippen LogP contribution in [0.4, 0.5) is 14.5 Å². The van der Waals surface area contributed by atoms with Crippen LogP contribution in [-0.2, 0) is 10.0 Å². The second-order valence-electron chi connectivity index (χ2n) is 6.32. The lowest BCUT2D eigenvalue weighted by Crippen LogP contribution is -2.35. The van der Waals surface area contributed by atoms with Crippen molar-refractivity contribution in [1.82, 2.24) is 19.7 Å². The summed E-state index contributed by atoms with van der Waals surface area (Å²) < 4.78 is 54.0. The molecule has 7 nitrogen and oxygen atoms in total. The number of H-pyrrole nitrogens is 1. The van der Waals surface area contributed by atoms with Crippen molar-refractivity contribution in [1.29, 1.82) is 0 Å². The van der Waals surface area contributed by atoms with Gasteiger partial charge in [0.25, 0.3) is 0 Å². The second-order valence-corrected chi connectivity index (χ2v) is 8.26. The Kier molecular flexibility index (Phi) is 4.52. The lowest BCUT2D eigenvalue weighted by molar-refractivity contribution is 0.433. The van der Waals surface area contributed by atoms with Crippen LogP contribution in [0, 0.1) is 11.6 Å². The van der Waals surface area contributed by atoms with Gasteiger partial charge in [0, 0.05) is 37.9 Å². The molecular weight excluding hydrogens is 376 g/mol. The standard InChI is InChI=1S/C17H17F2N5O2S/c18-14-4-2-12(10-15(14)19)23-6-1-7-24(9-8-23)27(25,26)13-3-5-16-17(11-13)21-22-20-16/h2-5,10-11H,1,6-9H2,(H,20,21,22). The lowest BCUT2D eigenvalue weighted by Gasteiger charge is -2.23. The lowest BCUT2D eigenvalue weighted by atomic mass is 10.2. The largest absolute Gasteiger partial charge is 0.370 e. The molecule has 1 aromatic heterocycles. The number of nitrogens with zero attached hydrogens (tertiary/aromatic N) is 4. The Morgan fingerprint density at radius 1 is 0.889 bits per heavy atom. The first-order valence-corrected chi connectivity index (χ1v) is 9.90. The Hall–Kier alpha value is -2.59. The molecule has 4 rings (SSSR count). The van der Waals surface area contributed by atoms with Gasteiger partial charge < -0.3 is 4.90 Å². The van der Waals surface area contributed by atoms with Crippen molar-refractivity contribution in [2.75, 3.05) is 31.1 Å².